The van der Waals surface area contributed by atoms with Crippen molar-refractivity contribution < 1.29 is 9.90 Å². The number of rotatable bonds is 1. The molecule has 0 unspecified atom stereocenters. The van der Waals surface area contributed by atoms with Gasteiger partial charge in [-0.25, -0.2) is 0 Å². The zero-order chi connectivity index (χ0) is 9.47. The van der Waals surface area contributed by atoms with Crippen molar-refractivity contribution in [2.45, 2.75) is 18.4 Å². The van der Waals surface area contributed by atoms with Crippen LogP contribution in [-0.2, 0) is 4.79 Å². The molecular formula is C9H16N2O2. The summed E-state index contributed by atoms with van der Waals surface area (Å²) in [5, 5.41) is 9.61. The fourth-order valence-electron chi connectivity index (χ4n) is 1.64. The summed E-state index contributed by atoms with van der Waals surface area (Å²) in [5.41, 5.74) is -0.976. The number of hydrogen-bond donors (Lipinski definition) is 1. The Hall–Kier alpha value is -0.610. The van der Waals surface area contributed by atoms with Crippen LogP contribution in [-0.4, -0.2) is 59.6 Å². The minimum atomic E-state index is -0.976. The molecule has 0 radical (unpaired) electrons. The van der Waals surface area contributed by atoms with Crippen molar-refractivity contribution in [3.8, 4) is 0 Å². The molecule has 4 heteroatoms. The molecule has 74 valence electrons. The molecule has 0 aromatic carbocycles. The van der Waals surface area contributed by atoms with E-state index in [0.717, 1.165) is 26.2 Å². The Labute approximate surface area is 78.1 Å². The molecule has 0 spiro atoms. The van der Waals surface area contributed by atoms with Gasteiger partial charge in [0.2, 0.25) is 0 Å². The van der Waals surface area contributed by atoms with Gasteiger partial charge in [0.15, 0.2) is 0 Å². The Morgan fingerprint density at radius 1 is 1.23 bits per heavy atom. The van der Waals surface area contributed by atoms with Crippen molar-refractivity contribution in [3.63, 3.8) is 0 Å². The quantitative estimate of drug-likeness (QED) is 0.585. The highest BCUT2D eigenvalue weighted by molar-refractivity contribution is 5.87. The Kier molecular flexibility index (Phi) is 2.04. The first-order valence-corrected chi connectivity index (χ1v) is 4.82. The van der Waals surface area contributed by atoms with Crippen LogP contribution >= 0.6 is 0 Å². The largest absolute Gasteiger partial charge is 0.380 e. The molecule has 1 N–H and O–H groups in total. The van der Waals surface area contributed by atoms with Crippen LogP contribution in [0.25, 0.3) is 0 Å². The molecule has 1 aliphatic carbocycles. The van der Waals surface area contributed by atoms with Crippen LogP contribution in [0.4, 0.5) is 0 Å². The van der Waals surface area contributed by atoms with Crippen LogP contribution in [0.15, 0.2) is 0 Å². The summed E-state index contributed by atoms with van der Waals surface area (Å²) in [6, 6.07) is 0. The van der Waals surface area contributed by atoms with Gasteiger partial charge in [0.05, 0.1) is 0 Å². The summed E-state index contributed by atoms with van der Waals surface area (Å²) >= 11 is 0. The highest BCUT2D eigenvalue weighted by atomic mass is 16.3. The molecule has 1 amide bonds. The molecule has 1 saturated heterocycles. The number of piperazine rings is 1. The number of nitrogens with zero attached hydrogens (tertiary/aromatic N) is 2. The SMILES string of the molecule is CN1CCN(C(=O)C2(O)CC2)CC1. The van der Waals surface area contributed by atoms with Crippen LogP contribution in [0, 0.1) is 0 Å². The molecule has 2 fully saturated rings. The predicted octanol–water partition coefficient (Wildman–Crippen LogP) is -0.715. The van der Waals surface area contributed by atoms with E-state index in [9.17, 15) is 9.90 Å². The highest BCUT2D eigenvalue weighted by Crippen LogP contribution is 2.36. The first-order chi connectivity index (χ1) is 6.12. The van der Waals surface area contributed by atoms with Crippen molar-refractivity contribution in [2.24, 2.45) is 0 Å². The van der Waals surface area contributed by atoms with Gasteiger partial charge in [0.1, 0.15) is 5.60 Å². The van der Waals surface area contributed by atoms with Crippen LogP contribution < -0.4 is 0 Å². The highest BCUT2D eigenvalue weighted by Gasteiger charge is 2.50. The summed E-state index contributed by atoms with van der Waals surface area (Å²) < 4.78 is 0. The van der Waals surface area contributed by atoms with Gasteiger partial charge in [-0.05, 0) is 19.9 Å². The summed E-state index contributed by atoms with van der Waals surface area (Å²) in [6.45, 7) is 3.36. The van der Waals surface area contributed by atoms with Crippen LogP contribution in [0.5, 0.6) is 0 Å². The normalized spacial score (nSPS) is 27.4. The summed E-state index contributed by atoms with van der Waals surface area (Å²) in [5.74, 6) is -0.0550. The first-order valence-electron chi connectivity index (χ1n) is 4.82. The third-order valence-electron chi connectivity index (χ3n) is 2.91. The number of hydrogen-bond acceptors (Lipinski definition) is 3. The zero-order valence-electron chi connectivity index (χ0n) is 7.99. The maximum Gasteiger partial charge on any atom is 0.254 e. The van der Waals surface area contributed by atoms with Gasteiger partial charge in [0.25, 0.3) is 5.91 Å². The molecule has 4 nitrogen and oxygen atoms in total. The van der Waals surface area contributed by atoms with Gasteiger partial charge in [-0.3, -0.25) is 4.79 Å². The molecular weight excluding hydrogens is 168 g/mol. The predicted molar refractivity (Wildman–Crippen MR) is 48.3 cm³/mol. The van der Waals surface area contributed by atoms with E-state index in [1.54, 1.807) is 4.90 Å². The van der Waals surface area contributed by atoms with Crippen molar-refractivity contribution in [2.75, 3.05) is 33.2 Å². The van der Waals surface area contributed by atoms with E-state index in [4.69, 9.17) is 0 Å². The minimum Gasteiger partial charge on any atom is -0.380 e. The van der Waals surface area contributed by atoms with Gasteiger partial charge in [0, 0.05) is 26.2 Å². The second-order valence-corrected chi connectivity index (χ2v) is 4.13. The van der Waals surface area contributed by atoms with E-state index in [1.165, 1.54) is 0 Å². The number of likely N-dealkylation sites (N-methyl/N-ethyl adjacent to an activating group) is 1. The van der Waals surface area contributed by atoms with Crippen LogP contribution in [0.3, 0.4) is 0 Å². The topological polar surface area (TPSA) is 43.8 Å². The van der Waals surface area contributed by atoms with Crippen LogP contribution in [0.2, 0.25) is 0 Å². The lowest BCUT2D eigenvalue weighted by Gasteiger charge is -2.33. The molecule has 0 bridgehead atoms. The first kappa shape index (κ1) is 8.97. The van der Waals surface area contributed by atoms with Crippen molar-refractivity contribution >= 4 is 5.91 Å². The van der Waals surface area contributed by atoms with Crippen molar-refractivity contribution in [1.29, 1.82) is 0 Å². The second-order valence-electron chi connectivity index (χ2n) is 4.13. The van der Waals surface area contributed by atoms with Gasteiger partial charge in [-0.2, -0.15) is 0 Å². The fraction of sp³-hybridized carbons (Fsp3) is 0.889. The molecule has 1 heterocycles. The molecule has 1 aliphatic heterocycles. The third kappa shape index (κ3) is 1.69. The van der Waals surface area contributed by atoms with E-state index in [-0.39, 0.29) is 5.91 Å². The smallest absolute Gasteiger partial charge is 0.254 e. The van der Waals surface area contributed by atoms with Gasteiger partial charge >= 0.3 is 0 Å². The molecule has 2 aliphatic rings. The number of amides is 1. The lowest BCUT2D eigenvalue weighted by atomic mass is 10.2. The monoisotopic (exact) mass is 184 g/mol. The van der Waals surface area contributed by atoms with Crippen molar-refractivity contribution in [1.82, 2.24) is 9.80 Å². The van der Waals surface area contributed by atoms with E-state index < -0.39 is 5.60 Å². The van der Waals surface area contributed by atoms with Crippen LogP contribution in [0.1, 0.15) is 12.8 Å². The van der Waals surface area contributed by atoms with E-state index in [0.29, 0.717) is 12.8 Å². The van der Waals surface area contributed by atoms with E-state index in [1.807, 2.05) is 7.05 Å². The molecule has 0 aromatic rings. The molecule has 13 heavy (non-hydrogen) atoms. The third-order valence-corrected chi connectivity index (χ3v) is 2.91. The molecule has 1 saturated carbocycles. The Morgan fingerprint density at radius 2 is 1.77 bits per heavy atom. The Morgan fingerprint density at radius 3 is 2.23 bits per heavy atom. The van der Waals surface area contributed by atoms with Gasteiger partial charge < -0.3 is 14.9 Å². The average Bonchev–Trinajstić information content (AvgIpc) is 2.85. The zero-order valence-corrected chi connectivity index (χ0v) is 7.99. The molecule has 2 rings (SSSR count). The summed E-state index contributed by atoms with van der Waals surface area (Å²) in [4.78, 5) is 15.6. The van der Waals surface area contributed by atoms with E-state index in [2.05, 4.69) is 4.90 Å². The summed E-state index contributed by atoms with van der Waals surface area (Å²) in [6.07, 6.45) is 1.30. The van der Waals surface area contributed by atoms with Crippen molar-refractivity contribution in [3.05, 3.63) is 0 Å². The maximum atomic E-state index is 11.6. The molecule has 0 atom stereocenters. The lowest BCUT2D eigenvalue weighted by molar-refractivity contribution is -0.144. The molecule has 0 aromatic heterocycles. The lowest BCUT2D eigenvalue weighted by Crippen LogP contribution is -2.51. The second kappa shape index (κ2) is 2.96. The minimum absolute atomic E-state index is 0.0550. The Balaban J connectivity index is 1.91. The van der Waals surface area contributed by atoms with E-state index >= 15 is 0 Å². The Bertz CT molecular complexity index is 218. The maximum absolute atomic E-state index is 11.6. The summed E-state index contributed by atoms with van der Waals surface area (Å²) in [7, 11) is 2.05. The number of carbonyl (C=O) groups excluding carboxylic acids is 1. The average molecular weight is 184 g/mol. The fourth-order valence-corrected chi connectivity index (χ4v) is 1.64. The number of aliphatic hydroxyl groups is 1. The van der Waals surface area contributed by atoms with Gasteiger partial charge in [-0.15, -0.1) is 0 Å². The van der Waals surface area contributed by atoms with Gasteiger partial charge in [-0.1, -0.05) is 0 Å². The number of carbonyl (C=O) groups is 1. The standard InChI is InChI=1S/C9H16N2O2/c1-10-4-6-11(7-5-10)8(12)9(13)2-3-9/h13H,2-7H2,1H3.